The fourth-order valence-corrected chi connectivity index (χ4v) is 3.67. The molecule has 0 aromatic heterocycles. The molecule has 2 aromatic carbocycles. The molecular weight excluding hydrogens is 424 g/mol. The molecule has 112 valence electrons. The Kier molecular flexibility index (Phi) is 6.22. The highest BCUT2D eigenvalue weighted by molar-refractivity contribution is 9.10. The van der Waals surface area contributed by atoms with Gasteiger partial charge in [-0.25, -0.2) is 8.78 Å². The van der Waals surface area contributed by atoms with Crippen molar-refractivity contribution in [1.82, 2.24) is 0 Å². The second-order valence-corrected chi connectivity index (χ2v) is 7.42. The van der Waals surface area contributed by atoms with Crippen LogP contribution in [0.25, 0.3) is 0 Å². The highest BCUT2D eigenvalue weighted by Gasteiger charge is 2.15. The molecule has 0 saturated heterocycles. The van der Waals surface area contributed by atoms with Crippen LogP contribution in [0.1, 0.15) is 5.56 Å². The lowest BCUT2D eigenvalue weighted by atomic mass is 10.1. The van der Waals surface area contributed by atoms with E-state index in [0.717, 1.165) is 9.37 Å². The van der Waals surface area contributed by atoms with Crippen molar-refractivity contribution in [3.8, 4) is 0 Å². The maximum atomic E-state index is 13.9. The Labute approximate surface area is 143 Å². The molecule has 0 bridgehead atoms. The predicted molar refractivity (Wildman–Crippen MR) is 90.6 cm³/mol. The first-order valence-electron chi connectivity index (χ1n) is 6.23. The van der Waals surface area contributed by atoms with E-state index in [9.17, 15) is 8.78 Å². The molecule has 0 amide bonds. The lowest BCUT2D eigenvalue weighted by Gasteiger charge is -2.13. The second-order valence-electron chi connectivity index (χ2n) is 4.55. The zero-order valence-electron chi connectivity index (χ0n) is 11.0. The molecule has 2 rings (SSSR count). The van der Waals surface area contributed by atoms with Gasteiger partial charge in [0, 0.05) is 26.7 Å². The third kappa shape index (κ3) is 4.77. The smallest absolute Gasteiger partial charge is 0.143 e. The summed E-state index contributed by atoms with van der Waals surface area (Å²) in [6.45, 7) is 0. The highest BCUT2D eigenvalue weighted by atomic mass is 79.9. The van der Waals surface area contributed by atoms with E-state index >= 15 is 0 Å². The molecule has 2 N–H and O–H groups in total. The van der Waals surface area contributed by atoms with E-state index in [0.29, 0.717) is 5.75 Å². The molecular formula is C15H13Br2F2NS. The van der Waals surface area contributed by atoms with Gasteiger partial charge < -0.3 is 5.73 Å². The second kappa shape index (κ2) is 7.72. The third-order valence-electron chi connectivity index (χ3n) is 2.87. The van der Waals surface area contributed by atoms with Crippen LogP contribution >= 0.6 is 43.6 Å². The Bertz CT molecular complexity index is 637. The van der Waals surface area contributed by atoms with E-state index in [4.69, 9.17) is 5.73 Å². The lowest BCUT2D eigenvalue weighted by Crippen LogP contribution is -2.26. The molecule has 1 nitrogen and oxygen atoms in total. The number of thioether (sulfide) groups is 1. The molecule has 0 aliphatic heterocycles. The summed E-state index contributed by atoms with van der Waals surface area (Å²) in [6.07, 6.45) is 0.165. The monoisotopic (exact) mass is 435 g/mol. The average Bonchev–Trinajstić information content (AvgIpc) is 2.46. The van der Waals surface area contributed by atoms with Gasteiger partial charge >= 0.3 is 0 Å². The molecule has 1 unspecified atom stereocenters. The number of hydrogen-bond acceptors (Lipinski definition) is 2. The molecule has 0 aliphatic rings. The van der Waals surface area contributed by atoms with Gasteiger partial charge in [0.1, 0.15) is 11.6 Å². The summed E-state index contributed by atoms with van der Waals surface area (Å²) in [4.78, 5) is 1.06. The summed E-state index contributed by atoms with van der Waals surface area (Å²) >= 11 is 8.03. The quantitative estimate of drug-likeness (QED) is 0.517. The molecule has 0 spiro atoms. The van der Waals surface area contributed by atoms with Gasteiger partial charge in [0.2, 0.25) is 0 Å². The molecule has 1 atom stereocenters. The topological polar surface area (TPSA) is 26.0 Å². The van der Waals surface area contributed by atoms with Crippen LogP contribution < -0.4 is 5.73 Å². The summed E-state index contributed by atoms with van der Waals surface area (Å²) in [6, 6.07) is 10.1. The van der Waals surface area contributed by atoms with Crippen LogP contribution in [0.15, 0.2) is 50.2 Å². The SMILES string of the molecule is NC(CSc1cccc(Br)c1)Cc1c(F)ccc(Br)c1F. The Hall–Kier alpha value is -0.430. The van der Waals surface area contributed by atoms with Crippen LogP contribution in [0.5, 0.6) is 0 Å². The minimum absolute atomic E-state index is 0.0340. The Balaban J connectivity index is 1.99. The van der Waals surface area contributed by atoms with Gasteiger partial charge in [-0.1, -0.05) is 22.0 Å². The maximum absolute atomic E-state index is 13.9. The number of benzene rings is 2. The van der Waals surface area contributed by atoms with Crippen LogP contribution in [0.2, 0.25) is 0 Å². The molecule has 6 heteroatoms. The molecule has 0 aliphatic carbocycles. The van der Waals surface area contributed by atoms with Crippen LogP contribution in [0.4, 0.5) is 8.78 Å². The Morgan fingerprint density at radius 3 is 2.62 bits per heavy atom. The molecule has 0 saturated carbocycles. The Morgan fingerprint density at radius 2 is 1.90 bits per heavy atom. The zero-order chi connectivity index (χ0) is 15.4. The van der Waals surface area contributed by atoms with Crippen molar-refractivity contribution in [1.29, 1.82) is 0 Å². The minimum atomic E-state index is -0.571. The van der Waals surface area contributed by atoms with Crippen molar-refractivity contribution in [2.45, 2.75) is 17.4 Å². The summed E-state index contributed by atoms with van der Waals surface area (Å²) in [5.41, 5.74) is 6.03. The van der Waals surface area contributed by atoms with Crippen molar-refractivity contribution in [3.63, 3.8) is 0 Å². The van der Waals surface area contributed by atoms with E-state index < -0.39 is 11.6 Å². The van der Waals surface area contributed by atoms with Crippen LogP contribution in [-0.4, -0.2) is 11.8 Å². The van der Waals surface area contributed by atoms with E-state index in [1.807, 2.05) is 24.3 Å². The summed E-state index contributed by atoms with van der Waals surface area (Å²) in [7, 11) is 0. The van der Waals surface area contributed by atoms with Gasteiger partial charge in [-0.15, -0.1) is 11.8 Å². The molecule has 21 heavy (non-hydrogen) atoms. The van der Waals surface area contributed by atoms with Crippen molar-refractivity contribution in [2.24, 2.45) is 5.73 Å². The molecule has 0 radical (unpaired) electrons. The predicted octanol–water partition coefficient (Wildman–Crippen LogP) is 5.15. The van der Waals surface area contributed by atoms with Gasteiger partial charge in [0.05, 0.1) is 4.47 Å². The van der Waals surface area contributed by atoms with Gasteiger partial charge in [-0.05, 0) is 52.7 Å². The largest absolute Gasteiger partial charge is 0.327 e. The van der Waals surface area contributed by atoms with Crippen molar-refractivity contribution < 1.29 is 8.78 Å². The summed E-state index contributed by atoms with van der Waals surface area (Å²) in [5.74, 6) is -0.543. The lowest BCUT2D eigenvalue weighted by molar-refractivity contribution is 0.539. The highest BCUT2D eigenvalue weighted by Crippen LogP contribution is 2.25. The summed E-state index contributed by atoms with van der Waals surface area (Å²) in [5, 5.41) is 0. The molecule has 0 fully saturated rings. The first-order chi connectivity index (χ1) is 9.97. The van der Waals surface area contributed by atoms with E-state index in [2.05, 4.69) is 31.9 Å². The fourth-order valence-electron chi connectivity index (χ4n) is 1.84. The number of nitrogens with two attached hydrogens (primary N) is 1. The first kappa shape index (κ1) is 16.9. The Morgan fingerprint density at radius 1 is 1.14 bits per heavy atom. The number of hydrogen-bond donors (Lipinski definition) is 1. The van der Waals surface area contributed by atoms with Gasteiger partial charge in [0.25, 0.3) is 0 Å². The van der Waals surface area contributed by atoms with Gasteiger partial charge in [0.15, 0.2) is 0 Å². The van der Waals surface area contributed by atoms with Gasteiger partial charge in [-0.2, -0.15) is 0 Å². The standard InChI is InChI=1S/C15H13Br2F2NS/c16-9-2-1-3-11(6-9)21-8-10(20)7-12-14(18)5-4-13(17)15(12)19/h1-6,10H,7-8,20H2. The van der Waals surface area contributed by atoms with E-state index in [1.54, 1.807) is 11.8 Å². The fraction of sp³-hybridized carbons (Fsp3) is 0.200. The van der Waals surface area contributed by atoms with E-state index in [-0.39, 0.29) is 22.5 Å². The number of halogens is 4. The molecule has 0 heterocycles. The average molecular weight is 437 g/mol. The maximum Gasteiger partial charge on any atom is 0.143 e. The normalized spacial score (nSPS) is 12.4. The van der Waals surface area contributed by atoms with Crippen LogP contribution in [0.3, 0.4) is 0 Å². The van der Waals surface area contributed by atoms with Crippen molar-refractivity contribution in [3.05, 3.63) is 62.5 Å². The first-order valence-corrected chi connectivity index (χ1v) is 8.81. The number of rotatable bonds is 5. The van der Waals surface area contributed by atoms with Gasteiger partial charge in [-0.3, -0.25) is 0 Å². The summed E-state index contributed by atoms with van der Waals surface area (Å²) < 4.78 is 28.8. The minimum Gasteiger partial charge on any atom is -0.327 e. The van der Waals surface area contributed by atoms with Crippen LogP contribution in [-0.2, 0) is 6.42 Å². The zero-order valence-corrected chi connectivity index (χ0v) is 14.9. The van der Waals surface area contributed by atoms with Crippen molar-refractivity contribution in [2.75, 3.05) is 5.75 Å². The van der Waals surface area contributed by atoms with E-state index in [1.165, 1.54) is 12.1 Å². The molecule has 2 aromatic rings. The third-order valence-corrected chi connectivity index (χ3v) is 5.15. The van der Waals surface area contributed by atoms with Crippen LogP contribution in [0, 0.1) is 11.6 Å². The van der Waals surface area contributed by atoms with Crippen molar-refractivity contribution >= 4 is 43.6 Å².